The number of ketones is 1. The van der Waals surface area contributed by atoms with Crippen LogP contribution in [0.5, 0.6) is 11.5 Å². The molecule has 0 aliphatic carbocycles. The molecule has 0 saturated heterocycles. The molecule has 0 unspecified atom stereocenters. The summed E-state index contributed by atoms with van der Waals surface area (Å²) >= 11 is 0. The lowest BCUT2D eigenvalue weighted by Gasteiger charge is -2.21. The molecule has 1 N–H and O–H groups in total. The van der Waals surface area contributed by atoms with Crippen LogP contribution in [0.1, 0.15) is 56.1 Å². The lowest BCUT2D eigenvalue weighted by atomic mass is 9.84. The number of rotatable bonds is 6. The third-order valence-electron chi connectivity index (χ3n) is 4.06. The first kappa shape index (κ1) is 21.4. The lowest BCUT2D eigenvalue weighted by Crippen LogP contribution is -2.23. The van der Waals surface area contributed by atoms with Crippen molar-refractivity contribution in [1.29, 1.82) is 5.41 Å². The van der Waals surface area contributed by atoms with E-state index in [2.05, 4.69) is 4.99 Å². The number of ether oxygens (including phenoxy) is 2. The highest BCUT2D eigenvalue weighted by molar-refractivity contribution is 6.13. The molecule has 0 aliphatic rings. The van der Waals surface area contributed by atoms with E-state index in [0.717, 1.165) is 11.3 Å². The van der Waals surface area contributed by atoms with Crippen LogP contribution >= 0.6 is 0 Å². The SMILES string of the molecule is COc1cc(C(=N)N=C(C)C)c(C(=O)C(C)(C)C)cc1OCc1ccccc1. The molecule has 0 aromatic heterocycles. The number of benzene rings is 2. The van der Waals surface area contributed by atoms with Crippen LogP contribution < -0.4 is 9.47 Å². The van der Waals surface area contributed by atoms with Gasteiger partial charge in [-0.15, -0.1) is 0 Å². The Morgan fingerprint density at radius 1 is 1.04 bits per heavy atom. The number of carbonyl (C=O) groups excluding carboxylic acids is 1. The number of carbonyl (C=O) groups is 1. The van der Waals surface area contributed by atoms with Gasteiger partial charge in [-0.1, -0.05) is 51.1 Å². The molecule has 2 aromatic rings. The molecule has 0 amide bonds. The maximum absolute atomic E-state index is 13.1. The number of hydrogen-bond donors (Lipinski definition) is 1. The highest BCUT2D eigenvalue weighted by Gasteiger charge is 2.28. The number of nitrogens with one attached hydrogen (secondary N) is 1. The van der Waals surface area contributed by atoms with E-state index in [1.54, 1.807) is 12.1 Å². The minimum atomic E-state index is -0.606. The minimum Gasteiger partial charge on any atom is -0.493 e. The number of nitrogens with zero attached hydrogens (tertiary/aromatic N) is 1. The van der Waals surface area contributed by atoms with Gasteiger partial charge in [0.15, 0.2) is 23.1 Å². The first-order valence-corrected chi connectivity index (χ1v) is 9.18. The lowest BCUT2D eigenvalue weighted by molar-refractivity contribution is 0.0857. The molecule has 148 valence electrons. The van der Waals surface area contributed by atoms with Gasteiger partial charge in [0.05, 0.1) is 7.11 Å². The minimum absolute atomic E-state index is 0.0282. The number of aliphatic imine (C=N–C) groups is 1. The summed E-state index contributed by atoms with van der Waals surface area (Å²) in [6.07, 6.45) is 0. The monoisotopic (exact) mass is 380 g/mol. The summed E-state index contributed by atoms with van der Waals surface area (Å²) in [6.45, 7) is 9.54. The molecule has 0 heterocycles. The van der Waals surface area contributed by atoms with Crippen molar-refractivity contribution < 1.29 is 14.3 Å². The number of methoxy groups -OCH3 is 1. The number of amidine groups is 1. The van der Waals surface area contributed by atoms with Crippen molar-refractivity contribution in [2.75, 3.05) is 7.11 Å². The van der Waals surface area contributed by atoms with E-state index in [0.29, 0.717) is 29.2 Å². The van der Waals surface area contributed by atoms with E-state index in [1.165, 1.54) is 7.11 Å². The third-order valence-corrected chi connectivity index (χ3v) is 4.06. The Morgan fingerprint density at radius 3 is 2.18 bits per heavy atom. The van der Waals surface area contributed by atoms with Crippen molar-refractivity contribution in [1.82, 2.24) is 0 Å². The van der Waals surface area contributed by atoms with Crippen molar-refractivity contribution in [3.63, 3.8) is 0 Å². The second-order valence-corrected chi connectivity index (χ2v) is 7.81. The van der Waals surface area contributed by atoms with Gasteiger partial charge in [0.1, 0.15) is 6.61 Å². The standard InChI is InChI=1S/C23H28N2O3/c1-15(2)25-22(24)18-13-19(27-6)20(12-17(18)21(26)23(3,4)5)28-14-16-10-8-7-9-11-16/h7-13,24H,14H2,1-6H3. The van der Waals surface area contributed by atoms with Crippen LogP contribution in [0, 0.1) is 10.8 Å². The van der Waals surface area contributed by atoms with Gasteiger partial charge >= 0.3 is 0 Å². The molecule has 2 rings (SSSR count). The largest absolute Gasteiger partial charge is 0.493 e. The van der Waals surface area contributed by atoms with Crippen molar-refractivity contribution in [3.8, 4) is 11.5 Å². The smallest absolute Gasteiger partial charge is 0.169 e. The van der Waals surface area contributed by atoms with Crippen LogP contribution in [0.3, 0.4) is 0 Å². The summed E-state index contributed by atoms with van der Waals surface area (Å²) in [6, 6.07) is 13.1. The average Bonchev–Trinajstić information content (AvgIpc) is 2.64. The fourth-order valence-electron chi connectivity index (χ4n) is 2.64. The summed E-state index contributed by atoms with van der Waals surface area (Å²) in [5, 5.41) is 8.34. The van der Waals surface area contributed by atoms with E-state index in [1.807, 2.05) is 65.0 Å². The highest BCUT2D eigenvalue weighted by Crippen LogP contribution is 2.35. The Bertz CT molecular complexity index is 890. The predicted octanol–water partition coefficient (Wildman–Crippen LogP) is 5.31. The summed E-state index contributed by atoms with van der Waals surface area (Å²) in [4.78, 5) is 17.3. The molecular weight excluding hydrogens is 352 g/mol. The van der Waals surface area contributed by atoms with Crippen LogP contribution in [0.25, 0.3) is 0 Å². The molecule has 5 nitrogen and oxygen atoms in total. The molecule has 28 heavy (non-hydrogen) atoms. The maximum atomic E-state index is 13.1. The van der Waals surface area contributed by atoms with Crippen LogP contribution in [-0.4, -0.2) is 24.4 Å². The number of Topliss-reactive ketones (excluding diaryl/α,β-unsaturated/α-hetero) is 1. The van der Waals surface area contributed by atoms with E-state index >= 15 is 0 Å². The summed E-state index contributed by atoms with van der Waals surface area (Å²) in [5.74, 6) is 0.877. The normalized spacial score (nSPS) is 10.9. The predicted molar refractivity (Wildman–Crippen MR) is 113 cm³/mol. The van der Waals surface area contributed by atoms with Crippen LogP contribution in [0.4, 0.5) is 0 Å². The fourth-order valence-corrected chi connectivity index (χ4v) is 2.64. The fraction of sp³-hybridized carbons (Fsp3) is 0.348. The molecule has 5 heteroatoms. The summed E-state index contributed by atoms with van der Waals surface area (Å²) < 4.78 is 11.4. The average molecular weight is 380 g/mol. The zero-order valence-electron chi connectivity index (χ0n) is 17.4. The highest BCUT2D eigenvalue weighted by atomic mass is 16.5. The Hall–Kier alpha value is -2.95. The van der Waals surface area contributed by atoms with Crippen LogP contribution in [0.2, 0.25) is 0 Å². The number of hydrogen-bond acceptors (Lipinski definition) is 4. The van der Waals surface area contributed by atoms with Gasteiger partial charge in [-0.25, -0.2) is 4.99 Å². The van der Waals surface area contributed by atoms with Gasteiger partial charge in [0.25, 0.3) is 0 Å². The Morgan fingerprint density at radius 2 is 1.64 bits per heavy atom. The molecule has 2 aromatic carbocycles. The Labute approximate surface area is 166 Å². The van der Waals surface area contributed by atoms with Gasteiger partial charge in [0, 0.05) is 22.3 Å². The first-order valence-electron chi connectivity index (χ1n) is 9.18. The van der Waals surface area contributed by atoms with Gasteiger partial charge < -0.3 is 9.47 Å². The van der Waals surface area contributed by atoms with E-state index < -0.39 is 5.41 Å². The zero-order chi connectivity index (χ0) is 20.9. The van der Waals surface area contributed by atoms with Gasteiger partial charge in [-0.3, -0.25) is 10.2 Å². The van der Waals surface area contributed by atoms with E-state index in [4.69, 9.17) is 14.9 Å². The molecule has 0 atom stereocenters. The van der Waals surface area contributed by atoms with Crippen LogP contribution in [-0.2, 0) is 6.61 Å². The van der Waals surface area contributed by atoms with E-state index in [9.17, 15) is 4.79 Å². The topological polar surface area (TPSA) is 71.7 Å². The third kappa shape index (κ3) is 5.28. The Kier molecular flexibility index (Phi) is 6.73. The summed E-state index contributed by atoms with van der Waals surface area (Å²) in [5.41, 5.74) is 1.99. The Balaban J connectivity index is 2.53. The second-order valence-electron chi connectivity index (χ2n) is 7.81. The molecule has 0 fully saturated rings. The van der Waals surface area contributed by atoms with Gasteiger partial charge in [0.2, 0.25) is 0 Å². The molecule has 0 aliphatic heterocycles. The summed E-state index contributed by atoms with van der Waals surface area (Å²) in [7, 11) is 1.54. The van der Waals surface area contributed by atoms with Crippen molar-refractivity contribution in [2.24, 2.45) is 10.4 Å². The first-order chi connectivity index (χ1) is 13.1. The molecule has 0 saturated carbocycles. The molecule has 0 radical (unpaired) electrons. The van der Waals surface area contributed by atoms with Crippen LogP contribution in [0.15, 0.2) is 47.5 Å². The quantitative estimate of drug-likeness (QED) is 0.419. The van der Waals surface area contributed by atoms with Crippen molar-refractivity contribution in [2.45, 2.75) is 41.2 Å². The molecular formula is C23H28N2O3. The molecule has 0 bridgehead atoms. The molecule has 0 spiro atoms. The van der Waals surface area contributed by atoms with E-state index in [-0.39, 0.29) is 11.6 Å². The van der Waals surface area contributed by atoms with Crippen molar-refractivity contribution in [3.05, 3.63) is 59.2 Å². The maximum Gasteiger partial charge on any atom is 0.169 e. The van der Waals surface area contributed by atoms with Gasteiger partial charge in [-0.2, -0.15) is 0 Å². The zero-order valence-corrected chi connectivity index (χ0v) is 17.4. The van der Waals surface area contributed by atoms with Crippen molar-refractivity contribution >= 4 is 17.3 Å². The van der Waals surface area contributed by atoms with Gasteiger partial charge in [-0.05, 0) is 31.5 Å². The second kappa shape index (κ2) is 8.83.